The minimum absolute atomic E-state index is 0.193. The number of halogens is 3. The second kappa shape index (κ2) is 4.74. The fraction of sp³-hybridized carbons (Fsp3) is 0.615. The van der Waals surface area contributed by atoms with E-state index in [-0.39, 0.29) is 16.7 Å². The number of rotatable bonds is 1. The van der Waals surface area contributed by atoms with Gasteiger partial charge in [-0.15, -0.1) is 0 Å². The van der Waals surface area contributed by atoms with Gasteiger partial charge in [0.15, 0.2) is 0 Å². The van der Waals surface area contributed by atoms with Gasteiger partial charge in [-0.3, -0.25) is 4.90 Å². The molecule has 100 valence electrons. The van der Waals surface area contributed by atoms with E-state index >= 15 is 0 Å². The quantitative estimate of drug-likeness (QED) is 0.725. The second-order valence-corrected chi connectivity index (χ2v) is 6.06. The monoisotopic (exact) mass is 274 g/mol. The van der Waals surface area contributed by atoms with Gasteiger partial charge in [-0.2, -0.15) is 0 Å². The standard InChI is InChI=1S/C13H17ClF2N2/c1-13(2,3)18-7-9(16)5-11(18)10-4-8(15)6-17-12(10)14/h4,6,9,11H,5,7H2,1-3H3/t9-,11+/m0/s1. The average molecular weight is 275 g/mol. The minimum atomic E-state index is -0.909. The first kappa shape index (κ1) is 13.7. The first-order valence-electron chi connectivity index (χ1n) is 6.01. The van der Waals surface area contributed by atoms with Crippen LogP contribution in [0.25, 0.3) is 0 Å². The third kappa shape index (κ3) is 2.64. The van der Waals surface area contributed by atoms with Crippen molar-refractivity contribution in [3.05, 3.63) is 28.8 Å². The molecule has 0 spiro atoms. The van der Waals surface area contributed by atoms with E-state index in [1.54, 1.807) is 0 Å². The Bertz CT molecular complexity index is 445. The third-order valence-electron chi connectivity index (χ3n) is 3.30. The van der Waals surface area contributed by atoms with Gasteiger partial charge in [-0.1, -0.05) is 11.6 Å². The van der Waals surface area contributed by atoms with E-state index in [0.717, 1.165) is 6.20 Å². The van der Waals surface area contributed by atoms with Gasteiger partial charge in [0.25, 0.3) is 0 Å². The molecule has 0 aliphatic carbocycles. The van der Waals surface area contributed by atoms with Crippen LogP contribution < -0.4 is 0 Å². The number of nitrogens with zero attached hydrogens (tertiary/aromatic N) is 2. The second-order valence-electron chi connectivity index (χ2n) is 5.71. The molecule has 0 amide bonds. The zero-order chi connectivity index (χ0) is 13.5. The van der Waals surface area contributed by atoms with Crippen molar-refractivity contribution in [1.82, 2.24) is 9.88 Å². The molecule has 1 aliphatic rings. The Kier molecular flexibility index (Phi) is 3.60. The molecule has 1 aliphatic heterocycles. The van der Waals surface area contributed by atoms with Gasteiger partial charge in [0.05, 0.1) is 6.20 Å². The zero-order valence-corrected chi connectivity index (χ0v) is 11.5. The Balaban J connectivity index is 2.39. The van der Waals surface area contributed by atoms with Gasteiger partial charge >= 0.3 is 0 Å². The van der Waals surface area contributed by atoms with Crippen LogP contribution in [0, 0.1) is 5.82 Å². The molecule has 2 atom stereocenters. The van der Waals surface area contributed by atoms with Crippen molar-refractivity contribution >= 4 is 11.6 Å². The minimum Gasteiger partial charge on any atom is -0.288 e. The van der Waals surface area contributed by atoms with Crippen LogP contribution in [0.3, 0.4) is 0 Å². The van der Waals surface area contributed by atoms with Gasteiger partial charge < -0.3 is 0 Å². The lowest BCUT2D eigenvalue weighted by Gasteiger charge is -2.37. The lowest BCUT2D eigenvalue weighted by Crippen LogP contribution is -2.41. The van der Waals surface area contributed by atoms with Crippen molar-refractivity contribution in [3.63, 3.8) is 0 Å². The largest absolute Gasteiger partial charge is 0.288 e. The molecular formula is C13H17ClF2N2. The highest BCUT2D eigenvalue weighted by atomic mass is 35.5. The van der Waals surface area contributed by atoms with Crippen molar-refractivity contribution in [3.8, 4) is 0 Å². The molecule has 0 bridgehead atoms. The Labute approximate surface area is 111 Å². The highest BCUT2D eigenvalue weighted by Gasteiger charge is 2.40. The molecule has 0 N–H and O–H groups in total. The molecule has 1 saturated heterocycles. The Morgan fingerprint density at radius 1 is 1.44 bits per heavy atom. The summed E-state index contributed by atoms with van der Waals surface area (Å²) in [7, 11) is 0. The number of likely N-dealkylation sites (tertiary alicyclic amines) is 1. The summed E-state index contributed by atoms with van der Waals surface area (Å²) in [5, 5.41) is 0.254. The van der Waals surface area contributed by atoms with Crippen LogP contribution in [-0.4, -0.2) is 28.1 Å². The summed E-state index contributed by atoms with van der Waals surface area (Å²) in [5.74, 6) is -0.439. The van der Waals surface area contributed by atoms with Crippen LogP contribution in [0.4, 0.5) is 8.78 Å². The van der Waals surface area contributed by atoms with Crippen LogP contribution in [0.15, 0.2) is 12.3 Å². The summed E-state index contributed by atoms with van der Waals surface area (Å²) < 4.78 is 27.0. The molecule has 1 fully saturated rings. The number of alkyl halides is 1. The number of aromatic nitrogens is 1. The molecule has 0 saturated carbocycles. The van der Waals surface area contributed by atoms with Crippen molar-refractivity contribution in [2.24, 2.45) is 0 Å². The maximum absolute atomic E-state index is 13.7. The van der Waals surface area contributed by atoms with E-state index < -0.39 is 12.0 Å². The topological polar surface area (TPSA) is 16.1 Å². The predicted octanol–water partition coefficient (Wildman–Crippen LogP) is 3.76. The van der Waals surface area contributed by atoms with E-state index in [2.05, 4.69) is 4.98 Å². The molecule has 2 rings (SSSR count). The smallest absolute Gasteiger partial charge is 0.141 e. The van der Waals surface area contributed by atoms with Gasteiger partial charge in [0.2, 0.25) is 0 Å². The Morgan fingerprint density at radius 3 is 2.72 bits per heavy atom. The van der Waals surface area contributed by atoms with Crippen molar-refractivity contribution in [2.45, 2.75) is 44.9 Å². The van der Waals surface area contributed by atoms with Crippen LogP contribution >= 0.6 is 11.6 Å². The first-order chi connectivity index (χ1) is 8.29. The number of pyridine rings is 1. The molecule has 5 heteroatoms. The molecule has 0 radical (unpaired) electrons. The Morgan fingerprint density at radius 2 is 2.11 bits per heavy atom. The summed E-state index contributed by atoms with van der Waals surface area (Å²) in [6, 6.07) is 1.15. The highest BCUT2D eigenvalue weighted by molar-refractivity contribution is 6.30. The lowest BCUT2D eigenvalue weighted by atomic mass is 10.0. The summed E-state index contributed by atoms with van der Waals surface area (Å²) in [6.45, 7) is 6.39. The molecule has 2 heterocycles. The molecule has 1 aromatic heterocycles. The molecular weight excluding hydrogens is 258 g/mol. The molecule has 18 heavy (non-hydrogen) atoms. The van der Waals surface area contributed by atoms with Crippen LogP contribution in [0.1, 0.15) is 38.8 Å². The molecule has 1 aromatic rings. The molecule has 0 aromatic carbocycles. The number of hydrogen-bond acceptors (Lipinski definition) is 2. The van der Waals surface area contributed by atoms with Gasteiger partial charge in [0, 0.05) is 23.7 Å². The summed E-state index contributed by atoms with van der Waals surface area (Å²) in [5.41, 5.74) is 0.382. The van der Waals surface area contributed by atoms with Crippen molar-refractivity contribution < 1.29 is 8.78 Å². The van der Waals surface area contributed by atoms with Crippen molar-refractivity contribution in [1.29, 1.82) is 0 Å². The summed E-state index contributed by atoms with van der Waals surface area (Å²) >= 11 is 6.01. The Hall–Kier alpha value is -0.740. The lowest BCUT2D eigenvalue weighted by molar-refractivity contribution is 0.116. The van der Waals surface area contributed by atoms with Gasteiger partial charge in [0.1, 0.15) is 17.1 Å². The zero-order valence-electron chi connectivity index (χ0n) is 10.8. The summed E-state index contributed by atoms with van der Waals surface area (Å²) in [6.07, 6.45) is 0.505. The van der Waals surface area contributed by atoms with Crippen molar-refractivity contribution in [2.75, 3.05) is 6.54 Å². The van der Waals surface area contributed by atoms with Crippen LogP contribution in [0.5, 0.6) is 0 Å². The average Bonchev–Trinajstić information content (AvgIpc) is 2.63. The van der Waals surface area contributed by atoms with E-state index in [1.165, 1.54) is 6.07 Å². The van der Waals surface area contributed by atoms with Crippen LogP contribution in [0.2, 0.25) is 5.15 Å². The van der Waals surface area contributed by atoms with E-state index in [0.29, 0.717) is 18.5 Å². The number of hydrogen-bond donors (Lipinski definition) is 0. The van der Waals surface area contributed by atoms with E-state index in [9.17, 15) is 8.78 Å². The van der Waals surface area contributed by atoms with Gasteiger partial charge in [-0.25, -0.2) is 13.8 Å². The third-order valence-corrected chi connectivity index (χ3v) is 3.62. The normalized spacial score (nSPS) is 25.7. The fourth-order valence-corrected chi connectivity index (χ4v) is 2.72. The van der Waals surface area contributed by atoms with E-state index in [1.807, 2.05) is 25.7 Å². The predicted molar refractivity (Wildman–Crippen MR) is 67.9 cm³/mol. The van der Waals surface area contributed by atoms with Crippen LogP contribution in [-0.2, 0) is 0 Å². The van der Waals surface area contributed by atoms with Gasteiger partial charge in [-0.05, 0) is 33.3 Å². The molecule has 2 nitrogen and oxygen atoms in total. The SMILES string of the molecule is CC(C)(C)N1C[C@@H](F)C[C@@H]1c1cc(F)cnc1Cl. The molecule has 0 unspecified atom stereocenters. The highest BCUT2D eigenvalue weighted by Crippen LogP contribution is 2.40. The maximum Gasteiger partial charge on any atom is 0.141 e. The summed E-state index contributed by atoms with van der Waals surface area (Å²) in [4.78, 5) is 5.82. The first-order valence-corrected chi connectivity index (χ1v) is 6.38. The van der Waals surface area contributed by atoms with E-state index in [4.69, 9.17) is 11.6 Å². The maximum atomic E-state index is 13.7. The fourth-order valence-electron chi connectivity index (χ4n) is 2.49.